The molecule has 0 amide bonds. The largest absolute Gasteiger partial charge is 0.391 e. The van der Waals surface area contributed by atoms with E-state index in [1.165, 1.54) is 0 Å². The van der Waals surface area contributed by atoms with Crippen molar-refractivity contribution in [2.24, 2.45) is 5.92 Å². The van der Waals surface area contributed by atoms with Gasteiger partial charge in [-0.25, -0.2) is 0 Å². The Kier molecular flexibility index (Phi) is 5.31. The molecule has 1 fully saturated rings. The van der Waals surface area contributed by atoms with Crippen molar-refractivity contribution >= 4 is 0 Å². The molecule has 0 heterocycles. The van der Waals surface area contributed by atoms with Crippen LogP contribution in [0, 0.1) is 5.92 Å². The highest BCUT2D eigenvalue weighted by molar-refractivity contribution is 4.81. The van der Waals surface area contributed by atoms with Crippen LogP contribution in [-0.4, -0.2) is 24.9 Å². The Hall–Kier alpha value is -0.460. The van der Waals surface area contributed by atoms with Crippen molar-refractivity contribution in [2.75, 3.05) is 6.54 Å². The minimum absolute atomic E-state index is 0.0183. The zero-order chi connectivity index (χ0) is 13.8. The van der Waals surface area contributed by atoms with Gasteiger partial charge in [0.1, 0.15) is 0 Å². The molecule has 1 saturated carbocycles. The minimum Gasteiger partial charge on any atom is -0.314 e. The van der Waals surface area contributed by atoms with Gasteiger partial charge in [0.2, 0.25) is 0 Å². The lowest BCUT2D eigenvalue weighted by molar-refractivity contribution is -0.183. The fourth-order valence-electron chi connectivity index (χ4n) is 2.27. The van der Waals surface area contributed by atoms with Crippen molar-refractivity contribution in [1.29, 1.82) is 0 Å². The standard InChI is InChI=1S/C11H17F6N/c12-10(13,14)5-2-6-18-9-4-1-3-8(7-9)11(15,16)17/h8-9,18H,1-7H2. The van der Waals surface area contributed by atoms with E-state index < -0.39 is 24.7 Å². The Morgan fingerprint density at radius 2 is 1.67 bits per heavy atom. The first-order valence-corrected chi connectivity index (χ1v) is 6.05. The fourth-order valence-corrected chi connectivity index (χ4v) is 2.27. The third kappa shape index (κ3) is 5.93. The van der Waals surface area contributed by atoms with Crippen LogP contribution in [0.1, 0.15) is 38.5 Å². The number of alkyl halides is 6. The molecule has 1 aliphatic rings. The lowest BCUT2D eigenvalue weighted by atomic mass is 9.85. The lowest BCUT2D eigenvalue weighted by Gasteiger charge is -2.31. The summed E-state index contributed by atoms with van der Waals surface area (Å²) in [5.41, 5.74) is 0. The summed E-state index contributed by atoms with van der Waals surface area (Å²) in [6.07, 6.45) is -8.17. The Morgan fingerprint density at radius 3 is 2.22 bits per heavy atom. The minimum atomic E-state index is -4.19. The summed E-state index contributed by atoms with van der Waals surface area (Å²) in [7, 11) is 0. The molecule has 1 N–H and O–H groups in total. The average Bonchev–Trinajstić information content (AvgIpc) is 2.22. The smallest absolute Gasteiger partial charge is 0.314 e. The van der Waals surface area contributed by atoms with Crippen LogP contribution in [-0.2, 0) is 0 Å². The number of nitrogens with one attached hydrogen (secondary N) is 1. The molecule has 0 aromatic carbocycles. The molecule has 18 heavy (non-hydrogen) atoms. The van der Waals surface area contributed by atoms with E-state index in [4.69, 9.17) is 0 Å². The van der Waals surface area contributed by atoms with Gasteiger partial charge in [0.15, 0.2) is 0 Å². The van der Waals surface area contributed by atoms with Gasteiger partial charge in [-0.3, -0.25) is 0 Å². The molecule has 1 nitrogen and oxygen atoms in total. The van der Waals surface area contributed by atoms with Gasteiger partial charge in [-0.2, -0.15) is 26.3 Å². The first-order valence-electron chi connectivity index (χ1n) is 6.05. The molecule has 0 aliphatic heterocycles. The van der Waals surface area contributed by atoms with Crippen LogP contribution < -0.4 is 5.32 Å². The van der Waals surface area contributed by atoms with Crippen molar-refractivity contribution in [1.82, 2.24) is 5.32 Å². The van der Waals surface area contributed by atoms with Crippen molar-refractivity contribution in [2.45, 2.75) is 56.9 Å². The van der Waals surface area contributed by atoms with E-state index in [1.807, 2.05) is 0 Å². The second kappa shape index (κ2) is 6.12. The van der Waals surface area contributed by atoms with Gasteiger partial charge in [-0.05, 0) is 32.2 Å². The van der Waals surface area contributed by atoms with Crippen LogP contribution in [0.2, 0.25) is 0 Å². The summed E-state index contributed by atoms with van der Waals surface area (Å²) >= 11 is 0. The molecule has 0 aromatic heterocycles. The highest BCUT2D eigenvalue weighted by Gasteiger charge is 2.42. The van der Waals surface area contributed by atoms with Crippen LogP contribution >= 0.6 is 0 Å². The van der Waals surface area contributed by atoms with Crippen LogP contribution in [0.15, 0.2) is 0 Å². The van der Waals surface area contributed by atoms with E-state index in [-0.39, 0.29) is 31.8 Å². The van der Waals surface area contributed by atoms with Gasteiger partial charge < -0.3 is 5.32 Å². The summed E-state index contributed by atoms with van der Waals surface area (Å²) in [5, 5.41) is 2.80. The highest BCUT2D eigenvalue weighted by Crippen LogP contribution is 2.37. The predicted octanol–water partition coefficient (Wildman–Crippen LogP) is 4.04. The molecule has 7 heteroatoms. The van der Waals surface area contributed by atoms with Crippen molar-refractivity contribution in [3.63, 3.8) is 0 Å². The normalized spacial score (nSPS) is 26.3. The number of halogens is 6. The first kappa shape index (κ1) is 15.6. The molecule has 1 rings (SSSR count). The molecule has 2 atom stereocenters. The maximum atomic E-state index is 12.5. The van der Waals surface area contributed by atoms with Crippen molar-refractivity contribution < 1.29 is 26.3 Å². The lowest BCUT2D eigenvalue weighted by Crippen LogP contribution is -2.39. The summed E-state index contributed by atoms with van der Waals surface area (Å²) in [5.74, 6) is -1.31. The molecule has 0 saturated heterocycles. The van der Waals surface area contributed by atoms with E-state index >= 15 is 0 Å². The van der Waals surface area contributed by atoms with E-state index in [1.54, 1.807) is 0 Å². The van der Waals surface area contributed by atoms with E-state index in [0.29, 0.717) is 12.8 Å². The fraction of sp³-hybridized carbons (Fsp3) is 1.00. The molecule has 0 bridgehead atoms. The molecule has 108 valence electrons. The van der Waals surface area contributed by atoms with E-state index in [9.17, 15) is 26.3 Å². The van der Waals surface area contributed by atoms with Gasteiger partial charge >= 0.3 is 12.4 Å². The third-order valence-corrected chi connectivity index (χ3v) is 3.21. The van der Waals surface area contributed by atoms with Crippen LogP contribution in [0.4, 0.5) is 26.3 Å². The Balaban J connectivity index is 2.23. The summed E-state index contributed by atoms with van der Waals surface area (Å²) in [6.45, 7) is 0.120. The summed E-state index contributed by atoms with van der Waals surface area (Å²) < 4.78 is 73.0. The van der Waals surface area contributed by atoms with E-state index in [0.717, 1.165) is 0 Å². The highest BCUT2D eigenvalue weighted by atomic mass is 19.4. The first-order chi connectivity index (χ1) is 8.18. The number of hydrogen-bond acceptors (Lipinski definition) is 1. The monoisotopic (exact) mass is 277 g/mol. The van der Waals surface area contributed by atoms with Crippen molar-refractivity contribution in [3.8, 4) is 0 Å². The SMILES string of the molecule is FC(F)(F)CCCNC1CCCC(C(F)(F)F)C1. The van der Waals surface area contributed by atoms with E-state index in [2.05, 4.69) is 5.32 Å². The van der Waals surface area contributed by atoms with Crippen LogP contribution in [0.5, 0.6) is 0 Å². The third-order valence-electron chi connectivity index (χ3n) is 3.21. The number of hydrogen-bond donors (Lipinski definition) is 1. The van der Waals surface area contributed by atoms with Gasteiger partial charge in [0.25, 0.3) is 0 Å². The van der Waals surface area contributed by atoms with Crippen LogP contribution in [0.3, 0.4) is 0 Å². The Bertz CT molecular complexity index is 247. The summed E-state index contributed by atoms with van der Waals surface area (Å²) in [4.78, 5) is 0. The Morgan fingerprint density at radius 1 is 1.00 bits per heavy atom. The zero-order valence-corrected chi connectivity index (χ0v) is 9.87. The predicted molar refractivity (Wildman–Crippen MR) is 55.1 cm³/mol. The molecular formula is C11H17F6N. The molecule has 0 aromatic rings. The molecule has 0 radical (unpaired) electrons. The van der Waals surface area contributed by atoms with Gasteiger partial charge in [-0.15, -0.1) is 0 Å². The maximum Gasteiger partial charge on any atom is 0.391 e. The second-order valence-corrected chi connectivity index (χ2v) is 4.77. The quantitative estimate of drug-likeness (QED) is 0.604. The van der Waals surface area contributed by atoms with Crippen molar-refractivity contribution in [3.05, 3.63) is 0 Å². The molecule has 2 unspecified atom stereocenters. The molecule has 1 aliphatic carbocycles. The van der Waals surface area contributed by atoms with Gasteiger partial charge in [0, 0.05) is 12.5 Å². The molecular weight excluding hydrogens is 260 g/mol. The molecule has 0 spiro atoms. The number of rotatable bonds is 4. The second-order valence-electron chi connectivity index (χ2n) is 4.77. The van der Waals surface area contributed by atoms with Crippen LogP contribution in [0.25, 0.3) is 0 Å². The zero-order valence-electron chi connectivity index (χ0n) is 9.87. The van der Waals surface area contributed by atoms with Gasteiger partial charge in [0.05, 0.1) is 5.92 Å². The maximum absolute atomic E-state index is 12.5. The average molecular weight is 277 g/mol. The summed E-state index contributed by atoms with van der Waals surface area (Å²) in [6, 6.07) is -0.307. The van der Waals surface area contributed by atoms with Gasteiger partial charge in [-0.1, -0.05) is 6.42 Å². The Labute approximate surface area is 102 Å². The topological polar surface area (TPSA) is 12.0 Å².